The van der Waals surface area contributed by atoms with Crippen molar-refractivity contribution in [2.24, 2.45) is 0 Å². The minimum Gasteiger partial charge on any atom is -0.369 e. The standard InChI is InChI=1S/C28H29FN6O/c1-33-13-15-34(16-14-33)22-10-8-21(9-11-22)31-28-30-17-20-7-12-26(36)35(27(20)32-28)18-24-23(19-5-6-19)3-2-4-25(24)29/h2-4,7-12,17,19H,5-6,13-16,18H2,1H3,(H,30,31,32). The molecule has 1 N–H and O–H groups in total. The van der Waals surface area contributed by atoms with Crippen molar-refractivity contribution in [1.29, 1.82) is 0 Å². The predicted molar refractivity (Wildman–Crippen MR) is 141 cm³/mol. The second-order valence-corrected chi connectivity index (χ2v) is 9.77. The summed E-state index contributed by atoms with van der Waals surface area (Å²) in [6, 6.07) is 16.6. The number of halogens is 1. The van der Waals surface area contributed by atoms with Crippen molar-refractivity contribution in [3.8, 4) is 0 Å². The molecule has 184 valence electrons. The summed E-state index contributed by atoms with van der Waals surface area (Å²) in [5, 5.41) is 3.99. The van der Waals surface area contributed by atoms with Crippen LogP contribution in [0, 0.1) is 5.82 Å². The highest BCUT2D eigenvalue weighted by atomic mass is 19.1. The van der Waals surface area contributed by atoms with Gasteiger partial charge in [0, 0.05) is 60.8 Å². The maximum atomic E-state index is 14.8. The number of nitrogens with one attached hydrogen (secondary N) is 1. The number of pyridine rings is 1. The van der Waals surface area contributed by atoms with Crippen molar-refractivity contribution in [3.05, 3.63) is 88.1 Å². The zero-order valence-electron chi connectivity index (χ0n) is 20.3. The summed E-state index contributed by atoms with van der Waals surface area (Å²) in [5.41, 5.74) is 3.89. The van der Waals surface area contributed by atoms with Gasteiger partial charge in [0.2, 0.25) is 5.95 Å². The summed E-state index contributed by atoms with van der Waals surface area (Å²) in [4.78, 5) is 26.7. The summed E-state index contributed by atoms with van der Waals surface area (Å²) < 4.78 is 16.4. The van der Waals surface area contributed by atoms with E-state index in [2.05, 4.69) is 44.3 Å². The molecule has 0 radical (unpaired) electrons. The fourth-order valence-corrected chi connectivity index (χ4v) is 4.91. The summed E-state index contributed by atoms with van der Waals surface area (Å²) in [6.07, 6.45) is 3.82. The fraction of sp³-hybridized carbons (Fsp3) is 0.321. The normalized spacial score (nSPS) is 16.4. The molecule has 2 aromatic heterocycles. The molecule has 1 aliphatic heterocycles. The lowest BCUT2D eigenvalue weighted by Crippen LogP contribution is -2.44. The van der Waals surface area contributed by atoms with Gasteiger partial charge in [-0.15, -0.1) is 0 Å². The number of anilines is 3. The van der Waals surface area contributed by atoms with Gasteiger partial charge in [0.25, 0.3) is 5.56 Å². The molecule has 1 saturated carbocycles. The Morgan fingerprint density at radius 1 is 1.00 bits per heavy atom. The van der Waals surface area contributed by atoms with Crippen molar-refractivity contribution in [1.82, 2.24) is 19.4 Å². The lowest BCUT2D eigenvalue weighted by atomic mass is 10.0. The van der Waals surface area contributed by atoms with E-state index < -0.39 is 0 Å². The first-order valence-electron chi connectivity index (χ1n) is 12.5. The molecular weight excluding hydrogens is 455 g/mol. The highest BCUT2D eigenvalue weighted by molar-refractivity contribution is 5.76. The molecule has 7 nitrogen and oxygen atoms in total. The molecule has 8 heteroatoms. The molecule has 0 amide bonds. The highest BCUT2D eigenvalue weighted by Crippen LogP contribution is 2.42. The molecule has 1 saturated heterocycles. The first kappa shape index (κ1) is 22.7. The van der Waals surface area contributed by atoms with E-state index in [9.17, 15) is 9.18 Å². The van der Waals surface area contributed by atoms with Gasteiger partial charge in [0.05, 0.1) is 6.54 Å². The Balaban J connectivity index is 1.28. The van der Waals surface area contributed by atoms with E-state index in [1.807, 2.05) is 18.2 Å². The number of nitrogens with zero attached hydrogens (tertiary/aromatic N) is 5. The van der Waals surface area contributed by atoms with Crippen molar-refractivity contribution in [2.45, 2.75) is 25.3 Å². The quantitative estimate of drug-likeness (QED) is 0.439. The van der Waals surface area contributed by atoms with Crippen LogP contribution < -0.4 is 15.8 Å². The lowest BCUT2D eigenvalue weighted by Gasteiger charge is -2.34. The molecule has 1 aliphatic carbocycles. The van der Waals surface area contributed by atoms with Crippen LogP contribution in [0.25, 0.3) is 11.0 Å². The summed E-state index contributed by atoms with van der Waals surface area (Å²) in [6.45, 7) is 4.28. The van der Waals surface area contributed by atoms with E-state index >= 15 is 0 Å². The third-order valence-electron chi connectivity index (χ3n) is 7.20. The lowest BCUT2D eigenvalue weighted by molar-refractivity contribution is 0.313. The highest BCUT2D eigenvalue weighted by Gasteiger charge is 2.27. The van der Waals surface area contributed by atoms with E-state index in [4.69, 9.17) is 0 Å². The van der Waals surface area contributed by atoms with Gasteiger partial charge >= 0.3 is 0 Å². The zero-order chi connectivity index (χ0) is 24.6. The maximum Gasteiger partial charge on any atom is 0.252 e. The summed E-state index contributed by atoms with van der Waals surface area (Å²) in [7, 11) is 2.15. The largest absolute Gasteiger partial charge is 0.369 e. The molecule has 0 spiro atoms. The van der Waals surface area contributed by atoms with E-state index in [1.165, 1.54) is 17.8 Å². The van der Waals surface area contributed by atoms with Crippen LogP contribution in [0.2, 0.25) is 0 Å². The second-order valence-electron chi connectivity index (χ2n) is 9.77. The molecule has 2 aliphatic rings. The maximum absolute atomic E-state index is 14.8. The molecule has 0 unspecified atom stereocenters. The molecule has 0 bridgehead atoms. The average Bonchev–Trinajstić information content (AvgIpc) is 3.73. The topological polar surface area (TPSA) is 66.3 Å². The predicted octanol–water partition coefficient (Wildman–Crippen LogP) is 4.35. The van der Waals surface area contributed by atoms with E-state index in [-0.39, 0.29) is 17.9 Å². The monoisotopic (exact) mass is 484 g/mol. The van der Waals surface area contributed by atoms with Crippen LogP contribution in [0.3, 0.4) is 0 Å². The van der Waals surface area contributed by atoms with Gasteiger partial charge < -0.3 is 15.1 Å². The van der Waals surface area contributed by atoms with Crippen molar-refractivity contribution in [3.63, 3.8) is 0 Å². The number of benzene rings is 2. The molecule has 36 heavy (non-hydrogen) atoms. The second kappa shape index (κ2) is 9.35. The fourth-order valence-electron chi connectivity index (χ4n) is 4.91. The van der Waals surface area contributed by atoms with Crippen LogP contribution in [0.1, 0.15) is 29.9 Å². The van der Waals surface area contributed by atoms with Crippen LogP contribution in [0.5, 0.6) is 0 Å². The number of hydrogen-bond donors (Lipinski definition) is 1. The van der Waals surface area contributed by atoms with E-state index in [0.29, 0.717) is 23.1 Å². The molecule has 2 aromatic carbocycles. The Kier molecular flexibility index (Phi) is 5.89. The van der Waals surface area contributed by atoms with Gasteiger partial charge in [0.15, 0.2) is 0 Å². The molecule has 6 rings (SSSR count). The zero-order valence-corrected chi connectivity index (χ0v) is 20.3. The number of likely N-dealkylation sites (N-methyl/N-ethyl adjacent to an activating group) is 1. The minimum atomic E-state index is -0.281. The van der Waals surface area contributed by atoms with E-state index in [1.54, 1.807) is 22.9 Å². The SMILES string of the molecule is CN1CCN(c2ccc(Nc3ncc4ccc(=O)n(Cc5c(F)cccc5C5CC5)c4n3)cc2)CC1. The average molecular weight is 485 g/mol. The van der Waals surface area contributed by atoms with Crippen LogP contribution in [0.15, 0.2) is 65.6 Å². The first-order chi connectivity index (χ1) is 17.5. The Bertz CT molecular complexity index is 1460. The Hall–Kier alpha value is -3.78. The number of rotatable bonds is 6. The smallest absolute Gasteiger partial charge is 0.252 e. The van der Waals surface area contributed by atoms with Gasteiger partial charge in [0.1, 0.15) is 11.5 Å². The Labute approximate surface area is 209 Å². The van der Waals surface area contributed by atoms with Crippen molar-refractivity contribution >= 4 is 28.4 Å². The molecule has 2 fully saturated rings. The van der Waals surface area contributed by atoms with Gasteiger partial charge in [-0.1, -0.05) is 12.1 Å². The van der Waals surface area contributed by atoms with Crippen LogP contribution in [-0.2, 0) is 6.54 Å². The number of fused-ring (bicyclic) bond motifs is 1. The summed E-state index contributed by atoms with van der Waals surface area (Å²) >= 11 is 0. The van der Waals surface area contributed by atoms with Crippen LogP contribution in [-0.4, -0.2) is 52.7 Å². The third-order valence-corrected chi connectivity index (χ3v) is 7.20. The number of hydrogen-bond acceptors (Lipinski definition) is 6. The number of aromatic nitrogens is 3. The van der Waals surface area contributed by atoms with Crippen molar-refractivity contribution in [2.75, 3.05) is 43.4 Å². The van der Waals surface area contributed by atoms with Crippen LogP contribution in [0.4, 0.5) is 21.7 Å². The Morgan fingerprint density at radius 2 is 1.78 bits per heavy atom. The third kappa shape index (κ3) is 4.56. The van der Waals surface area contributed by atoms with Gasteiger partial charge in [-0.2, -0.15) is 4.98 Å². The van der Waals surface area contributed by atoms with E-state index in [0.717, 1.165) is 55.7 Å². The van der Waals surface area contributed by atoms with Crippen molar-refractivity contribution < 1.29 is 4.39 Å². The summed E-state index contributed by atoms with van der Waals surface area (Å²) in [5.74, 6) is 0.489. The number of piperazine rings is 1. The molecular formula is C28H29FN6O. The Morgan fingerprint density at radius 3 is 2.53 bits per heavy atom. The van der Waals surface area contributed by atoms with Gasteiger partial charge in [-0.25, -0.2) is 9.37 Å². The molecule has 3 heterocycles. The van der Waals surface area contributed by atoms with Crippen LogP contribution >= 0.6 is 0 Å². The van der Waals surface area contributed by atoms with Gasteiger partial charge in [-0.05, 0) is 67.8 Å². The minimum absolute atomic E-state index is 0.144. The van der Waals surface area contributed by atoms with Gasteiger partial charge in [-0.3, -0.25) is 9.36 Å². The molecule has 0 atom stereocenters. The molecule has 4 aromatic rings. The first-order valence-corrected chi connectivity index (χ1v) is 12.5.